The van der Waals surface area contributed by atoms with Gasteiger partial charge < -0.3 is 4.74 Å². The molecule has 0 spiro atoms. The second-order valence-electron chi connectivity index (χ2n) is 6.83. The summed E-state index contributed by atoms with van der Waals surface area (Å²) >= 11 is 0. The number of ether oxygens (including phenoxy) is 1. The number of halogens is 17. The molecule has 0 saturated carbocycles. The second kappa shape index (κ2) is 7.93. The van der Waals surface area contributed by atoms with Gasteiger partial charge >= 0.3 is 47.8 Å². The predicted octanol–water partition coefficient (Wildman–Crippen LogP) is 7.65. The second-order valence-corrected chi connectivity index (χ2v) is 6.83. The molecule has 0 aliphatic rings. The fourth-order valence-corrected chi connectivity index (χ4v) is 2.17. The zero-order valence-electron chi connectivity index (χ0n) is 16.1. The van der Waals surface area contributed by atoms with E-state index in [-0.39, 0.29) is 5.56 Å². The quantitative estimate of drug-likeness (QED) is 0.308. The molecule has 0 amide bonds. The van der Waals surface area contributed by atoms with Gasteiger partial charge in [-0.25, -0.2) is 0 Å². The van der Waals surface area contributed by atoms with Crippen LogP contribution in [0.1, 0.15) is 11.1 Å². The first-order chi connectivity index (χ1) is 14.6. The summed E-state index contributed by atoms with van der Waals surface area (Å²) in [6.45, 7) is 1.92. The third-order valence-corrected chi connectivity index (χ3v) is 4.28. The van der Waals surface area contributed by atoms with Gasteiger partial charge in [-0.3, -0.25) is 0 Å². The molecule has 0 atom stereocenters. The van der Waals surface area contributed by atoms with Crippen molar-refractivity contribution in [2.45, 2.75) is 61.7 Å². The first kappa shape index (κ1) is 29.9. The molecule has 0 N–H and O–H groups in total. The summed E-state index contributed by atoms with van der Waals surface area (Å²) in [7, 11) is 0. The molecular formula is C16H9F17O. The van der Waals surface area contributed by atoms with Crippen molar-refractivity contribution >= 4 is 0 Å². The van der Waals surface area contributed by atoms with E-state index in [4.69, 9.17) is 0 Å². The zero-order chi connectivity index (χ0) is 27.6. The number of rotatable bonds is 8. The maximum atomic E-state index is 13.8. The average molecular weight is 540 g/mol. The number of aryl methyl sites for hydroxylation is 2. The summed E-state index contributed by atoms with van der Waals surface area (Å²) in [5, 5.41) is 0. The van der Waals surface area contributed by atoms with Gasteiger partial charge in [0.05, 0.1) is 0 Å². The van der Waals surface area contributed by atoms with E-state index in [0.717, 1.165) is 26.0 Å². The van der Waals surface area contributed by atoms with Crippen molar-refractivity contribution in [3.05, 3.63) is 29.3 Å². The van der Waals surface area contributed by atoms with E-state index in [1.165, 1.54) is 0 Å². The van der Waals surface area contributed by atoms with Crippen molar-refractivity contribution in [3.8, 4) is 5.75 Å². The maximum Gasteiger partial charge on any atom is 0.471 e. The summed E-state index contributed by atoms with van der Waals surface area (Å²) in [4.78, 5) is 0. The molecule has 1 nitrogen and oxygen atoms in total. The van der Waals surface area contributed by atoms with Gasteiger partial charge in [-0.1, -0.05) is 12.1 Å². The van der Waals surface area contributed by atoms with Crippen LogP contribution in [0, 0.1) is 13.8 Å². The molecule has 0 aliphatic heterocycles. The number of benzene rings is 1. The van der Waals surface area contributed by atoms with Gasteiger partial charge in [0.15, 0.2) is 0 Å². The van der Waals surface area contributed by atoms with Crippen molar-refractivity contribution in [1.82, 2.24) is 0 Å². The molecule has 0 heterocycles. The van der Waals surface area contributed by atoms with E-state index in [9.17, 15) is 74.6 Å². The first-order valence-corrected chi connectivity index (χ1v) is 8.11. The summed E-state index contributed by atoms with van der Waals surface area (Å²) in [5.41, 5.74) is -0.629. The highest BCUT2D eigenvalue weighted by atomic mass is 19.4. The monoisotopic (exact) mass is 540 g/mol. The molecule has 0 aromatic heterocycles. The van der Waals surface area contributed by atoms with Gasteiger partial charge in [0.1, 0.15) is 5.75 Å². The van der Waals surface area contributed by atoms with Gasteiger partial charge in [-0.05, 0) is 31.0 Å². The Hall–Kier alpha value is -2.17. The number of alkyl halides is 17. The van der Waals surface area contributed by atoms with Crippen molar-refractivity contribution in [1.29, 1.82) is 0 Å². The Balaban J connectivity index is 3.63. The topological polar surface area (TPSA) is 9.23 Å². The molecular weight excluding hydrogens is 531 g/mol. The van der Waals surface area contributed by atoms with Crippen LogP contribution >= 0.6 is 0 Å². The zero-order valence-corrected chi connectivity index (χ0v) is 16.1. The van der Waals surface area contributed by atoms with E-state index in [1.807, 2.05) is 0 Å². The Labute approximate surface area is 177 Å². The van der Waals surface area contributed by atoms with Gasteiger partial charge in [-0.15, -0.1) is 0 Å². The van der Waals surface area contributed by atoms with Crippen molar-refractivity contribution in [2.24, 2.45) is 0 Å². The SMILES string of the molecule is Cc1ccc(C)c(OC(F)(F)C(F)(F)C(F)(F)C(F)(F)C(F)(F)C(F)(F)C(F)(F)C(F)(F)F)c1. The summed E-state index contributed by atoms with van der Waals surface area (Å²) in [6.07, 6.45) is -14.7. The smallest absolute Gasteiger partial charge is 0.428 e. The van der Waals surface area contributed by atoms with Gasteiger partial charge in [-0.2, -0.15) is 74.6 Å². The Bertz CT molecular complexity index is 899. The lowest BCUT2D eigenvalue weighted by Gasteiger charge is -2.42. The normalized spacial score (nSPS) is 15.5. The minimum Gasteiger partial charge on any atom is -0.428 e. The van der Waals surface area contributed by atoms with Crippen LogP contribution in [-0.4, -0.2) is 47.8 Å². The summed E-state index contributed by atoms with van der Waals surface area (Å²) in [5.74, 6) is -51.7. The third-order valence-electron chi connectivity index (χ3n) is 4.28. The molecule has 1 aromatic carbocycles. The lowest BCUT2D eigenvalue weighted by molar-refractivity contribution is -0.471. The van der Waals surface area contributed by atoms with Crippen LogP contribution in [0.5, 0.6) is 5.75 Å². The molecule has 0 aliphatic carbocycles. The van der Waals surface area contributed by atoms with Crippen molar-refractivity contribution in [3.63, 3.8) is 0 Å². The van der Waals surface area contributed by atoms with Gasteiger partial charge in [0, 0.05) is 0 Å². The molecule has 0 bridgehead atoms. The Morgan fingerprint density at radius 1 is 0.500 bits per heavy atom. The van der Waals surface area contributed by atoms with Crippen LogP contribution in [0.4, 0.5) is 74.6 Å². The average Bonchev–Trinajstić information content (AvgIpc) is 2.62. The third kappa shape index (κ3) is 3.99. The van der Waals surface area contributed by atoms with Crippen LogP contribution in [0.25, 0.3) is 0 Å². The van der Waals surface area contributed by atoms with Crippen LogP contribution in [0.15, 0.2) is 18.2 Å². The molecule has 34 heavy (non-hydrogen) atoms. The minimum absolute atomic E-state index is 0.0858. The van der Waals surface area contributed by atoms with Crippen molar-refractivity contribution < 1.29 is 79.4 Å². The Morgan fingerprint density at radius 3 is 1.24 bits per heavy atom. The Morgan fingerprint density at radius 2 is 0.853 bits per heavy atom. The highest BCUT2D eigenvalue weighted by molar-refractivity contribution is 5.36. The van der Waals surface area contributed by atoms with Crippen LogP contribution in [-0.2, 0) is 0 Å². The number of hydrogen-bond donors (Lipinski definition) is 0. The molecule has 0 saturated heterocycles. The van der Waals surface area contributed by atoms with Crippen LogP contribution in [0.2, 0.25) is 0 Å². The molecule has 1 rings (SSSR count). The van der Waals surface area contributed by atoms with Gasteiger partial charge in [0.2, 0.25) is 0 Å². The summed E-state index contributed by atoms with van der Waals surface area (Å²) in [6, 6.07) is 2.41. The van der Waals surface area contributed by atoms with Crippen LogP contribution < -0.4 is 4.74 Å². The highest BCUT2D eigenvalue weighted by Crippen LogP contribution is 2.64. The molecule has 0 unspecified atom stereocenters. The van der Waals surface area contributed by atoms with Crippen LogP contribution in [0.3, 0.4) is 0 Å². The molecule has 18 heteroatoms. The Kier molecular flexibility index (Phi) is 6.96. The van der Waals surface area contributed by atoms with E-state index >= 15 is 0 Å². The minimum atomic E-state index is -8.67. The van der Waals surface area contributed by atoms with E-state index in [1.54, 1.807) is 0 Å². The van der Waals surface area contributed by atoms with Crippen molar-refractivity contribution in [2.75, 3.05) is 0 Å². The largest absolute Gasteiger partial charge is 0.471 e. The lowest BCUT2D eigenvalue weighted by Crippen LogP contribution is -2.74. The summed E-state index contributed by atoms with van der Waals surface area (Å²) < 4.78 is 227. The van der Waals surface area contributed by atoms with E-state index < -0.39 is 59.1 Å². The molecule has 0 fully saturated rings. The molecule has 1 aromatic rings. The maximum absolute atomic E-state index is 13.8. The lowest BCUT2D eigenvalue weighted by atomic mass is 9.90. The standard InChI is InChI=1S/C16H9F17O/c1-6-3-4-7(2)8(5-6)34-16(32,33)14(27,28)12(23,24)10(19,20)9(17,18)11(21,22)13(25,26)15(29,30)31/h3-5H,1-2H3. The fourth-order valence-electron chi connectivity index (χ4n) is 2.17. The van der Waals surface area contributed by atoms with E-state index in [2.05, 4.69) is 4.74 Å². The first-order valence-electron chi connectivity index (χ1n) is 8.11. The molecule has 198 valence electrons. The number of hydrogen-bond acceptors (Lipinski definition) is 1. The fraction of sp³-hybridized carbons (Fsp3) is 0.625. The van der Waals surface area contributed by atoms with Gasteiger partial charge in [0.25, 0.3) is 0 Å². The predicted molar refractivity (Wildman–Crippen MR) is 77.2 cm³/mol. The highest BCUT2D eigenvalue weighted by Gasteiger charge is 2.95. The van der Waals surface area contributed by atoms with E-state index in [0.29, 0.717) is 6.07 Å². The molecule has 0 radical (unpaired) electrons.